The summed E-state index contributed by atoms with van der Waals surface area (Å²) in [5.41, 5.74) is 3.64. The molecule has 0 spiro atoms. The molecule has 1 N–H and O–H groups in total. The van der Waals surface area contributed by atoms with Gasteiger partial charge in [-0.3, -0.25) is 14.5 Å². The molecular formula is C20H25N3O3S. The number of Topliss-reactive ketones (excluding diaryl/α,β-unsaturated/α-hetero) is 1. The number of aromatic nitrogens is 1. The lowest BCUT2D eigenvalue weighted by Gasteiger charge is -2.25. The quantitative estimate of drug-likeness (QED) is 0.739. The Kier molecular flexibility index (Phi) is 6.71. The van der Waals surface area contributed by atoms with Crippen molar-refractivity contribution in [1.29, 1.82) is 0 Å². The number of hydrogen-bond acceptors (Lipinski definition) is 6. The van der Waals surface area contributed by atoms with Crippen LogP contribution in [0.2, 0.25) is 0 Å². The number of morpholine rings is 1. The monoisotopic (exact) mass is 387 g/mol. The van der Waals surface area contributed by atoms with Gasteiger partial charge >= 0.3 is 0 Å². The topological polar surface area (TPSA) is 71.5 Å². The van der Waals surface area contributed by atoms with E-state index < -0.39 is 0 Å². The zero-order valence-electron chi connectivity index (χ0n) is 15.8. The van der Waals surface area contributed by atoms with Gasteiger partial charge in [-0.15, -0.1) is 11.3 Å². The number of ketones is 1. The highest BCUT2D eigenvalue weighted by Crippen LogP contribution is 2.18. The van der Waals surface area contributed by atoms with Crippen molar-refractivity contribution < 1.29 is 14.3 Å². The molecule has 0 bridgehead atoms. The predicted molar refractivity (Wildman–Crippen MR) is 106 cm³/mol. The molecule has 1 fully saturated rings. The maximum Gasteiger partial charge on any atom is 0.226 e. The molecule has 27 heavy (non-hydrogen) atoms. The highest BCUT2D eigenvalue weighted by molar-refractivity contribution is 7.13. The Labute approximate surface area is 163 Å². The predicted octanol–water partition coefficient (Wildman–Crippen LogP) is 3.19. The van der Waals surface area contributed by atoms with Crippen LogP contribution in [-0.4, -0.2) is 47.9 Å². The third-order valence-corrected chi connectivity index (χ3v) is 5.37. The summed E-state index contributed by atoms with van der Waals surface area (Å²) in [4.78, 5) is 31.3. The van der Waals surface area contributed by atoms with Crippen molar-refractivity contribution in [1.82, 2.24) is 9.88 Å². The fourth-order valence-electron chi connectivity index (χ4n) is 3.01. The van der Waals surface area contributed by atoms with Gasteiger partial charge < -0.3 is 10.1 Å². The summed E-state index contributed by atoms with van der Waals surface area (Å²) in [7, 11) is 0. The maximum absolute atomic E-state index is 12.4. The highest BCUT2D eigenvalue weighted by atomic mass is 32.1. The van der Waals surface area contributed by atoms with E-state index in [4.69, 9.17) is 4.74 Å². The number of hydrogen-bond donors (Lipinski definition) is 1. The minimum atomic E-state index is -0.180. The molecule has 3 rings (SSSR count). The van der Waals surface area contributed by atoms with E-state index in [2.05, 4.69) is 15.2 Å². The van der Waals surface area contributed by atoms with Gasteiger partial charge in [-0.1, -0.05) is 17.7 Å². The van der Waals surface area contributed by atoms with Crippen molar-refractivity contribution in [2.45, 2.75) is 33.2 Å². The number of nitrogens with one attached hydrogen (secondary N) is 1. The molecule has 1 aliphatic rings. The first-order chi connectivity index (χ1) is 13.0. The van der Waals surface area contributed by atoms with Crippen LogP contribution in [0.15, 0.2) is 23.6 Å². The lowest BCUT2D eigenvalue weighted by atomic mass is 9.99. The van der Waals surface area contributed by atoms with Gasteiger partial charge in [0.2, 0.25) is 5.91 Å². The molecule has 0 atom stereocenters. The summed E-state index contributed by atoms with van der Waals surface area (Å²) in [6.07, 6.45) is 0.354. The summed E-state index contributed by atoms with van der Waals surface area (Å²) in [5.74, 6) is -0.181. The summed E-state index contributed by atoms with van der Waals surface area (Å²) in [5, 5.41) is 5.36. The molecule has 1 amide bonds. The van der Waals surface area contributed by atoms with Crippen LogP contribution >= 0.6 is 11.3 Å². The van der Waals surface area contributed by atoms with Crippen LogP contribution in [0.4, 0.5) is 5.13 Å². The molecule has 0 radical (unpaired) electrons. The Hall–Kier alpha value is -2.09. The Balaban J connectivity index is 1.48. The van der Waals surface area contributed by atoms with Gasteiger partial charge in [0.15, 0.2) is 10.9 Å². The van der Waals surface area contributed by atoms with E-state index >= 15 is 0 Å². The number of aryl methyl sites for hydroxylation is 2. The molecule has 0 aliphatic carbocycles. The van der Waals surface area contributed by atoms with Gasteiger partial charge in [0.25, 0.3) is 0 Å². The van der Waals surface area contributed by atoms with E-state index in [1.807, 2.05) is 37.4 Å². The molecule has 0 unspecified atom stereocenters. The van der Waals surface area contributed by atoms with E-state index in [9.17, 15) is 9.59 Å². The number of amides is 1. The Morgan fingerprint density at radius 2 is 2.00 bits per heavy atom. The van der Waals surface area contributed by atoms with E-state index in [-0.39, 0.29) is 24.5 Å². The zero-order chi connectivity index (χ0) is 19.2. The van der Waals surface area contributed by atoms with Crippen molar-refractivity contribution in [3.8, 4) is 0 Å². The van der Waals surface area contributed by atoms with E-state index in [1.54, 1.807) is 0 Å². The van der Waals surface area contributed by atoms with Crippen molar-refractivity contribution in [3.63, 3.8) is 0 Å². The molecule has 2 aromatic rings. The van der Waals surface area contributed by atoms with Gasteiger partial charge in [-0.05, 0) is 25.5 Å². The number of ether oxygens (including phenoxy) is 1. The third kappa shape index (κ3) is 5.69. The summed E-state index contributed by atoms with van der Waals surface area (Å²) in [6, 6.07) is 5.80. The van der Waals surface area contributed by atoms with Gasteiger partial charge in [-0.2, -0.15) is 0 Å². The van der Waals surface area contributed by atoms with Gasteiger partial charge in [-0.25, -0.2) is 4.98 Å². The summed E-state index contributed by atoms with van der Waals surface area (Å²) < 4.78 is 5.34. The van der Waals surface area contributed by atoms with Gasteiger partial charge in [0.1, 0.15) is 0 Å². The zero-order valence-corrected chi connectivity index (χ0v) is 16.6. The summed E-state index contributed by atoms with van der Waals surface area (Å²) in [6.45, 7) is 7.95. The van der Waals surface area contributed by atoms with Crippen molar-refractivity contribution in [2.24, 2.45) is 0 Å². The number of nitrogens with zero attached hydrogens (tertiary/aromatic N) is 2. The first-order valence-corrected chi connectivity index (χ1v) is 10.0. The second kappa shape index (κ2) is 9.21. The first kappa shape index (κ1) is 19.7. The molecule has 1 aromatic carbocycles. The Morgan fingerprint density at radius 3 is 2.78 bits per heavy atom. The fraction of sp³-hybridized carbons (Fsp3) is 0.450. The third-order valence-electron chi connectivity index (χ3n) is 4.56. The molecular weight excluding hydrogens is 362 g/mol. The normalized spacial score (nSPS) is 14.9. The van der Waals surface area contributed by atoms with Gasteiger partial charge in [0, 0.05) is 43.4 Å². The number of anilines is 1. The number of carbonyl (C=O) groups is 2. The number of benzene rings is 1. The number of carbonyl (C=O) groups excluding carboxylic acids is 2. The lowest BCUT2D eigenvalue weighted by Crippen LogP contribution is -2.35. The minimum absolute atomic E-state index is 0.00139. The molecule has 1 aliphatic heterocycles. The smallest absolute Gasteiger partial charge is 0.226 e. The number of thiazole rings is 1. The first-order valence-electron chi connectivity index (χ1n) is 9.16. The van der Waals surface area contributed by atoms with Crippen molar-refractivity contribution >= 4 is 28.2 Å². The second-order valence-electron chi connectivity index (χ2n) is 6.82. The molecule has 6 nitrogen and oxygen atoms in total. The van der Waals surface area contributed by atoms with Crippen LogP contribution in [0, 0.1) is 13.8 Å². The lowest BCUT2D eigenvalue weighted by molar-refractivity contribution is -0.116. The van der Waals surface area contributed by atoms with Crippen LogP contribution in [0.5, 0.6) is 0 Å². The maximum atomic E-state index is 12.4. The minimum Gasteiger partial charge on any atom is -0.379 e. The average Bonchev–Trinajstić information content (AvgIpc) is 3.09. The van der Waals surface area contributed by atoms with E-state index in [1.165, 1.54) is 11.3 Å². The Morgan fingerprint density at radius 1 is 1.22 bits per heavy atom. The largest absolute Gasteiger partial charge is 0.379 e. The molecule has 0 saturated carbocycles. The highest BCUT2D eigenvalue weighted by Gasteiger charge is 2.15. The van der Waals surface area contributed by atoms with Crippen LogP contribution < -0.4 is 5.32 Å². The summed E-state index contributed by atoms with van der Waals surface area (Å²) >= 11 is 1.42. The van der Waals surface area contributed by atoms with Crippen LogP contribution in [0.25, 0.3) is 0 Å². The van der Waals surface area contributed by atoms with Gasteiger partial charge in [0.05, 0.1) is 18.9 Å². The molecule has 1 saturated heterocycles. The fourth-order valence-corrected chi connectivity index (χ4v) is 3.72. The molecule has 2 heterocycles. The van der Waals surface area contributed by atoms with E-state index in [0.29, 0.717) is 10.7 Å². The SMILES string of the molecule is Cc1ccc(C)c(C(=O)CCC(=O)Nc2nc(CN3CCOCC3)cs2)c1. The van der Waals surface area contributed by atoms with Crippen LogP contribution in [0.1, 0.15) is 40.0 Å². The molecule has 1 aromatic heterocycles. The van der Waals surface area contributed by atoms with Crippen LogP contribution in [-0.2, 0) is 16.1 Å². The van der Waals surface area contributed by atoms with Crippen molar-refractivity contribution in [3.05, 3.63) is 46.0 Å². The van der Waals surface area contributed by atoms with Crippen molar-refractivity contribution in [2.75, 3.05) is 31.6 Å². The Bertz CT molecular complexity index is 813. The molecule has 7 heteroatoms. The molecule has 144 valence electrons. The van der Waals surface area contributed by atoms with Crippen LogP contribution in [0.3, 0.4) is 0 Å². The van der Waals surface area contributed by atoms with E-state index in [0.717, 1.165) is 49.7 Å². The average molecular weight is 388 g/mol. The standard InChI is InChI=1S/C20H25N3O3S/c1-14-3-4-15(2)17(11-14)18(24)5-6-19(25)22-20-21-16(13-27-20)12-23-7-9-26-10-8-23/h3-4,11,13H,5-10,12H2,1-2H3,(H,21,22,25). The second-order valence-corrected chi connectivity index (χ2v) is 7.68. The number of rotatable bonds is 7.